The Labute approximate surface area is 201 Å². The van der Waals surface area contributed by atoms with Gasteiger partial charge in [0.1, 0.15) is 0 Å². The molecule has 174 valence electrons. The average Bonchev–Trinajstić information content (AvgIpc) is 3.21. The molecule has 0 atom stereocenters. The third-order valence-corrected chi connectivity index (χ3v) is 5.87. The van der Waals surface area contributed by atoms with Crippen LogP contribution < -0.4 is 5.32 Å². The molecule has 1 amide bonds. The first-order chi connectivity index (χ1) is 16.0. The number of hydrogen-bond acceptors (Lipinski definition) is 7. The summed E-state index contributed by atoms with van der Waals surface area (Å²) in [6.07, 6.45) is 0.762. The van der Waals surface area contributed by atoms with E-state index >= 15 is 0 Å². The van der Waals surface area contributed by atoms with Crippen molar-refractivity contribution in [1.29, 1.82) is 0 Å². The van der Waals surface area contributed by atoms with Crippen LogP contribution in [0, 0.1) is 0 Å². The van der Waals surface area contributed by atoms with Crippen molar-refractivity contribution in [2.45, 2.75) is 25.0 Å². The predicted octanol–water partition coefficient (Wildman–Crippen LogP) is 4.54. The first-order valence-corrected chi connectivity index (χ1v) is 11.8. The third-order valence-electron chi connectivity index (χ3n) is 4.57. The van der Waals surface area contributed by atoms with Crippen molar-refractivity contribution in [2.24, 2.45) is 0 Å². The van der Waals surface area contributed by atoms with E-state index in [9.17, 15) is 9.59 Å². The Morgan fingerprint density at radius 2 is 1.88 bits per heavy atom. The summed E-state index contributed by atoms with van der Waals surface area (Å²) in [6, 6.07) is 14.0. The molecule has 0 fully saturated rings. The van der Waals surface area contributed by atoms with Crippen LogP contribution in [0.1, 0.15) is 23.7 Å². The zero-order chi connectivity index (χ0) is 23.6. The summed E-state index contributed by atoms with van der Waals surface area (Å²) < 4.78 is 12.1. The number of esters is 1. The molecule has 1 N–H and O–H groups in total. The van der Waals surface area contributed by atoms with Crippen molar-refractivity contribution in [1.82, 2.24) is 14.8 Å². The minimum atomic E-state index is -0.395. The van der Waals surface area contributed by atoms with Gasteiger partial charge < -0.3 is 19.4 Å². The normalized spacial score (nSPS) is 10.8. The van der Waals surface area contributed by atoms with Gasteiger partial charge in [-0.2, -0.15) is 0 Å². The average molecular weight is 489 g/mol. The van der Waals surface area contributed by atoms with E-state index in [0.29, 0.717) is 47.0 Å². The molecule has 0 unspecified atom stereocenters. The van der Waals surface area contributed by atoms with Crippen molar-refractivity contribution in [2.75, 3.05) is 31.4 Å². The third kappa shape index (κ3) is 6.80. The fraction of sp³-hybridized carbons (Fsp3) is 0.304. The van der Waals surface area contributed by atoms with Crippen LogP contribution in [-0.2, 0) is 20.8 Å². The number of nitrogens with one attached hydrogen (secondary N) is 1. The Hall–Kier alpha value is -2.88. The lowest BCUT2D eigenvalue weighted by molar-refractivity contribution is -0.113. The summed E-state index contributed by atoms with van der Waals surface area (Å²) in [7, 11) is 1.65. The van der Waals surface area contributed by atoms with Gasteiger partial charge in [0.15, 0.2) is 11.0 Å². The van der Waals surface area contributed by atoms with E-state index in [2.05, 4.69) is 15.5 Å². The molecule has 10 heteroatoms. The van der Waals surface area contributed by atoms with Crippen molar-refractivity contribution in [3.05, 3.63) is 59.1 Å². The highest BCUT2D eigenvalue weighted by Crippen LogP contribution is 2.29. The van der Waals surface area contributed by atoms with E-state index < -0.39 is 5.97 Å². The molecule has 0 bridgehead atoms. The van der Waals surface area contributed by atoms with Gasteiger partial charge in [-0.15, -0.1) is 10.2 Å². The summed E-state index contributed by atoms with van der Waals surface area (Å²) in [5.74, 6) is 0.196. The van der Waals surface area contributed by atoms with E-state index in [1.165, 1.54) is 11.8 Å². The molecule has 1 aromatic heterocycles. The van der Waals surface area contributed by atoms with E-state index in [0.717, 1.165) is 12.0 Å². The second kappa shape index (κ2) is 12.4. The van der Waals surface area contributed by atoms with Crippen LogP contribution in [0.25, 0.3) is 11.4 Å². The van der Waals surface area contributed by atoms with Gasteiger partial charge >= 0.3 is 5.97 Å². The Kier molecular flexibility index (Phi) is 9.29. The molecule has 0 spiro atoms. The molecule has 2 aromatic carbocycles. The van der Waals surface area contributed by atoms with Crippen LogP contribution in [0.2, 0.25) is 5.02 Å². The highest BCUT2D eigenvalue weighted by atomic mass is 35.5. The lowest BCUT2D eigenvalue weighted by atomic mass is 10.2. The van der Waals surface area contributed by atoms with Gasteiger partial charge in [-0.25, -0.2) is 4.79 Å². The number of anilines is 1. The molecule has 3 rings (SSSR count). The maximum atomic E-state index is 12.5. The summed E-state index contributed by atoms with van der Waals surface area (Å²) in [6.45, 7) is 3.27. The fourth-order valence-electron chi connectivity index (χ4n) is 3.04. The molecular formula is C23H25ClN4O4S. The van der Waals surface area contributed by atoms with E-state index in [1.54, 1.807) is 44.4 Å². The van der Waals surface area contributed by atoms with E-state index in [4.69, 9.17) is 21.1 Å². The first kappa shape index (κ1) is 24.8. The summed E-state index contributed by atoms with van der Waals surface area (Å²) >= 11 is 7.65. The number of methoxy groups -OCH3 is 1. The summed E-state index contributed by atoms with van der Waals surface area (Å²) in [4.78, 5) is 24.2. The minimum absolute atomic E-state index is 0.143. The molecule has 0 saturated carbocycles. The molecule has 0 aliphatic rings. The predicted molar refractivity (Wildman–Crippen MR) is 129 cm³/mol. The van der Waals surface area contributed by atoms with Gasteiger partial charge in [-0.05, 0) is 49.7 Å². The number of rotatable bonds is 11. The Morgan fingerprint density at radius 3 is 2.58 bits per heavy atom. The topological polar surface area (TPSA) is 95.3 Å². The zero-order valence-corrected chi connectivity index (χ0v) is 20.0. The van der Waals surface area contributed by atoms with Crippen molar-refractivity contribution in [3.8, 4) is 11.4 Å². The number of benzene rings is 2. The molecular weight excluding hydrogens is 464 g/mol. The molecule has 8 nitrogen and oxygen atoms in total. The Bertz CT molecular complexity index is 1090. The fourth-order valence-corrected chi connectivity index (χ4v) is 4.02. The lowest BCUT2D eigenvalue weighted by Crippen LogP contribution is -2.15. The molecule has 0 aliphatic heterocycles. The first-order valence-electron chi connectivity index (χ1n) is 10.4. The summed E-state index contributed by atoms with van der Waals surface area (Å²) in [5, 5.41) is 12.6. The molecule has 0 radical (unpaired) electrons. The van der Waals surface area contributed by atoms with Crippen LogP contribution in [0.5, 0.6) is 0 Å². The smallest absolute Gasteiger partial charge is 0.338 e. The quantitative estimate of drug-likeness (QED) is 0.240. The Morgan fingerprint density at radius 1 is 1.12 bits per heavy atom. The van der Waals surface area contributed by atoms with Crippen LogP contribution in [0.15, 0.2) is 53.7 Å². The lowest BCUT2D eigenvalue weighted by Gasteiger charge is -2.11. The molecule has 0 saturated heterocycles. The SMILES string of the molecule is CCOC(=O)c1ccc(NC(=O)CSc2nnc(-c3ccccc3Cl)n2CCCOC)cc1. The highest BCUT2D eigenvalue weighted by molar-refractivity contribution is 7.99. The van der Waals surface area contributed by atoms with Gasteiger partial charge in [-0.3, -0.25) is 4.79 Å². The van der Waals surface area contributed by atoms with Crippen molar-refractivity contribution >= 4 is 40.9 Å². The second-order valence-electron chi connectivity index (χ2n) is 6.92. The van der Waals surface area contributed by atoms with Crippen molar-refractivity contribution < 1.29 is 19.1 Å². The van der Waals surface area contributed by atoms with Gasteiger partial charge in [0.2, 0.25) is 5.91 Å². The number of carbonyl (C=O) groups is 2. The van der Waals surface area contributed by atoms with E-state index in [1.807, 2.05) is 22.8 Å². The number of halogens is 1. The maximum absolute atomic E-state index is 12.5. The molecule has 33 heavy (non-hydrogen) atoms. The number of ether oxygens (including phenoxy) is 2. The van der Waals surface area contributed by atoms with Crippen molar-refractivity contribution in [3.63, 3.8) is 0 Å². The number of carbonyl (C=O) groups excluding carboxylic acids is 2. The van der Waals surface area contributed by atoms with Crippen LogP contribution in [0.3, 0.4) is 0 Å². The molecule has 0 aliphatic carbocycles. The standard InChI is InChI=1S/C23H25ClN4O4S/c1-3-32-22(30)16-9-11-17(12-10-16)25-20(29)15-33-23-27-26-21(28(23)13-6-14-31-2)18-7-4-5-8-19(18)24/h4-5,7-12H,3,6,13-15H2,1-2H3,(H,25,29). The van der Waals surface area contributed by atoms with Crippen LogP contribution >= 0.6 is 23.4 Å². The molecule has 3 aromatic rings. The van der Waals surface area contributed by atoms with E-state index in [-0.39, 0.29) is 11.7 Å². The number of hydrogen-bond donors (Lipinski definition) is 1. The number of aromatic nitrogens is 3. The van der Waals surface area contributed by atoms with Gasteiger partial charge in [0, 0.05) is 31.5 Å². The number of nitrogens with zero attached hydrogens (tertiary/aromatic N) is 3. The van der Waals surface area contributed by atoms with Gasteiger partial charge in [0.25, 0.3) is 0 Å². The molecule has 1 heterocycles. The maximum Gasteiger partial charge on any atom is 0.338 e. The van der Waals surface area contributed by atoms with Gasteiger partial charge in [0.05, 0.1) is 22.9 Å². The Balaban J connectivity index is 1.67. The summed E-state index contributed by atoms with van der Waals surface area (Å²) in [5.41, 5.74) is 1.80. The second-order valence-corrected chi connectivity index (χ2v) is 8.27. The monoisotopic (exact) mass is 488 g/mol. The van der Waals surface area contributed by atoms with Crippen LogP contribution in [0.4, 0.5) is 5.69 Å². The highest BCUT2D eigenvalue weighted by Gasteiger charge is 2.17. The number of thioether (sulfide) groups is 1. The van der Waals surface area contributed by atoms with Gasteiger partial charge in [-0.1, -0.05) is 35.5 Å². The zero-order valence-electron chi connectivity index (χ0n) is 18.4. The largest absolute Gasteiger partial charge is 0.462 e. The van der Waals surface area contributed by atoms with Crippen LogP contribution in [-0.4, -0.2) is 52.7 Å². The number of amides is 1. The minimum Gasteiger partial charge on any atom is -0.462 e.